The number of amides is 1. The van der Waals surface area contributed by atoms with Crippen molar-refractivity contribution >= 4 is 11.9 Å². The van der Waals surface area contributed by atoms with Crippen molar-refractivity contribution in [1.82, 2.24) is 5.32 Å². The average Bonchev–Trinajstić information content (AvgIpc) is 2.25. The summed E-state index contributed by atoms with van der Waals surface area (Å²) in [6.45, 7) is 3.91. The van der Waals surface area contributed by atoms with E-state index in [9.17, 15) is 9.59 Å². The lowest BCUT2D eigenvalue weighted by Crippen LogP contribution is -2.39. The Bertz CT molecular complexity index is 263. The molecule has 1 fully saturated rings. The molecule has 0 heterocycles. The summed E-state index contributed by atoms with van der Waals surface area (Å²) >= 11 is 0. The van der Waals surface area contributed by atoms with Crippen molar-refractivity contribution in [2.75, 3.05) is 6.54 Å². The maximum Gasteiger partial charge on any atom is 0.307 e. The summed E-state index contributed by atoms with van der Waals surface area (Å²) in [5.41, 5.74) is 0. The van der Waals surface area contributed by atoms with Crippen molar-refractivity contribution in [1.29, 1.82) is 0 Å². The molecule has 0 aromatic carbocycles. The number of carbonyl (C=O) groups is 2. The first-order chi connectivity index (χ1) is 7.16. The molecule has 1 amide bonds. The fourth-order valence-electron chi connectivity index (χ4n) is 2.04. The molecule has 1 aliphatic rings. The molecule has 2 N–H and O–H groups in total. The molecule has 1 aliphatic carbocycles. The number of rotatable bonds is 4. The minimum absolute atomic E-state index is 0.151. The average molecular weight is 211 g/mol. The van der Waals surface area contributed by atoms with Crippen LogP contribution in [0.15, 0.2) is 12.7 Å². The highest BCUT2D eigenvalue weighted by Gasteiger charge is 2.35. The molecular weight excluding hydrogens is 194 g/mol. The molecule has 0 bridgehead atoms. The minimum Gasteiger partial charge on any atom is -0.481 e. The highest BCUT2D eigenvalue weighted by Crippen LogP contribution is 2.30. The lowest BCUT2D eigenvalue weighted by atomic mass is 9.79. The van der Waals surface area contributed by atoms with Gasteiger partial charge < -0.3 is 10.4 Å². The number of nitrogens with one attached hydrogen (secondary N) is 1. The third kappa shape index (κ3) is 3.08. The van der Waals surface area contributed by atoms with Gasteiger partial charge in [0, 0.05) is 6.54 Å². The minimum atomic E-state index is -0.853. The van der Waals surface area contributed by atoms with Crippen LogP contribution in [0.1, 0.15) is 25.7 Å². The first-order valence-corrected chi connectivity index (χ1v) is 5.28. The normalized spacial score (nSPS) is 25.6. The first-order valence-electron chi connectivity index (χ1n) is 5.28. The monoisotopic (exact) mass is 211 g/mol. The second-order valence-corrected chi connectivity index (χ2v) is 3.87. The molecule has 15 heavy (non-hydrogen) atoms. The molecule has 0 unspecified atom stereocenters. The fourth-order valence-corrected chi connectivity index (χ4v) is 2.04. The molecular formula is C11H17NO3. The summed E-state index contributed by atoms with van der Waals surface area (Å²) in [7, 11) is 0. The highest BCUT2D eigenvalue weighted by molar-refractivity contribution is 5.84. The van der Waals surface area contributed by atoms with Gasteiger partial charge >= 0.3 is 5.97 Å². The Morgan fingerprint density at radius 2 is 1.93 bits per heavy atom. The Labute approximate surface area is 89.4 Å². The van der Waals surface area contributed by atoms with Gasteiger partial charge in [-0.15, -0.1) is 6.58 Å². The van der Waals surface area contributed by atoms with Gasteiger partial charge in [0.15, 0.2) is 0 Å². The van der Waals surface area contributed by atoms with E-state index in [4.69, 9.17) is 5.11 Å². The Balaban J connectivity index is 2.58. The van der Waals surface area contributed by atoms with Crippen molar-refractivity contribution in [3.63, 3.8) is 0 Å². The fraction of sp³-hybridized carbons (Fsp3) is 0.636. The summed E-state index contributed by atoms with van der Waals surface area (Å²) in [5.74, 6) is -1.88. The zero-order chi connectivity index (χ0) is 11.3. The van der Waals surface area contributed by atoms with Crippen LogP contribution in [0.4, 0.5) is 0 Å². The molecule has 1 saturated carbocycles. The van der Waals surface area contributed by atoms with Gasteiger partial charge in [0.25, 0.3) is 0 Å². The predicted octanol–water partition coefficient (Wildman–Crippen LogP) is 1.18. The SMILES string of the molecule is C=CCNC(=O)[C@H]1CCCC[C@@H]1C(=O)O. The molecule has 0 radical (unpaired) electrons. The molecule has 0 aromatic heterocycles. The van der Waals surface area contributed by atoms with Gasteiger partial charge in [-0.25, -0.2) is 0 Å². The number of carboxylic acid groups (broad SMARTS) is 1. The van der Waals surface area contributed by atoms with Crippen LogP contribution < -0.4 is 5.32 Å². The van der Waals surface area contributed by atoms with Gasteiger partial charge in [0.05, 0.1) is 11.8 Å². The first kappa shape index (κ1) is 11.8. The van der Waals surface area contributed by atoms with E-state index in [0.29, 0.717) is 19.4 Å². The van der Waals surface area contributed by atoms with Crippen LogP contribution in [0.25, 0.3) is 0 Å². The van der Waals surface area contributed by atoms with Crippen LogP contribution in [0.5, 0.6) is 0 Å². The van der Waals surface area contributed by atoms with E-state index in [-0.39, 0.29) is 11.8 Å². The van der Waals surface area contributed by atoms with Crippen LogP contribution in [0, 0.1) is 11.8 Å². The Hall–Kier alpha value is -1.32. The zero-order valence-corrected chi connectivity index (χ0v) is 8.74. The smallest absolute Gasteiger partial charge is 0.307 e. The standard InChI is InChI=1S/C11H17NO3/c1-2-7-12-10(13)8-5-3-4-6-9(8)11(14)15/h2,8-9H,1,3-7H2,(H,12,13)(H,14,15)/t8-,9-/m0/s1. The van der Waals surface area contributed by atoms with Crippen molar-refractivity contribution in [3.8, 4) is 0 Å². The third-order valence-electron chi connectivity index (χ3n) is 2.84. The molecule has 1 rings (SSSR count). The summed E-state index contributed by atoms with van der Waals surface area (Å²) in [6, 6.07) is 0. The Morgan fingerprint density at radius 3 is 2.47 bits per heavy atom. The van der Waals surface area contributed by atoms with E-state index in [0.717, 1.165) is 12.8 Å². The van der Waals surface area contributed by atoms with Gasteiger partial charge in [-0.2, -0.15) is 0 Å². The Morgan fingerprint density at radius 1 is 1.33 bits per heavy atom. The summed E-state index contributed by atoms with van der Waals surface area (Å²) in [4.78, 5) is 22.6. The quantitative estimate of drug-likeness (QED) is 0.686. The van der Waals surface area contributed by atoms with E-state index in [1.807, 2.05) is 0 Å². The number of hydrogen-bond donors (Lipinski definition) is 2. The molecule has 2 atom stereocenters. The highest BCUT2D eigenvalue weighted by atomic mass is 16.4. The van der Waals surface area contributed by atoms with E-state index in [1.165, 1.54) is 0 Å². The van der Waals surface area contributed by atoms with E-state index in [1.54, 1.807) is 6.08 Å². The molecule has 4 heteroatoms. The lowest BCUT2D eigenvalue weighted by molar-refractivity contribution is -0.148. The summed E-state index contributed by atoms with van der Waals surface area (Å²) in [5, 5.41) is 11.6. The topological polar surface area (TPSA) is 66.4 Å². The predicted molar refractivity (Wildman–Crippen MR) is 56.3 cm³/mol. The maximum atomic E-state index is 11.6. The number of carbonyl (C=O) groups excluding carboxylic acids is 1. The molecule has 4 nitrogen and oxygen atoms in total. The van der Waals surface area contributed by atoms with Gasteiger partial charge in [0.1, 0.15) is 0 Å². The van der Waals surface area contributed by atoms with Crippen LogP contribution in [0.2, 0.25) is 0 Å². The van der Waals surface area contributed by atoms with Crippen LogP contribution in [0.3, 0.4) is 0 Å². The van der Waals surface area contributed by atoms with Crippen molar-refractivity contribution < 1.29 is 14.7 Å². The molecule has 0 aromatic rings. The van der Waals surface area contributed by atoms with E-state index < -0.39 is 11.9 Å². The largest absolute Gasteiger partial charge is 0.481 e. The van der Waals surface area contributed by atoms with E-state index >= 15 is 0 Å². The van der Waals surface area contributed by atoms with Gasteiger partial charge in [-0.1, -0.05) is 18.9 Å². The summed E-state index contributed by atoms with van der Waals surface area (Å²) < 4.78 is 0. The lowest BCUT2D eigenvalue weighted by Gasteiger charge is -2.27. The van der Waals surface area contributed by atoms with Crippen LogP contribution >= 0.6 is 0 Å². The van der Waals surface area contributed by atoms with Gasteiger partial charge in [0.2, 0.25) is 5.91 Å². The van der Waals surface area contributed by atoms with Crippen molar-refractivity contribution in [2.45, 2.75) is 25.7 Å². The third-order valence-corrected chi connectivity index (χ3v) is 2.84. The second kappa shape index (κ2) is 5.53. The summed E-state index contributed by atoms with van der Waals surface area (Å²) in [6.07, 6.45) is 4.73. The number of hydrogen-bond acceptors (Lipinski definition) is 2. The Kier molecular flexibility index (Phi) is 4.34. The molecule has 0 aliphatic heterocycles. The second-order valence-electron chi connectivity index (χ2n) is 3.87. The molecule has 84 valence electrons. The van der Waals surface area contributed by atoms with Crippen molar-refractivity contribution in [2.24, 2.45) is 11.8 Å². The van der Waals surface area contributed by atoms with Gasteiger partial charge in [-0.05, 0) is 12.8 Å². The van der Waals surface area contributed by atoms with Gasteiger partial charge in [-0.3, -0.25) is 9.59 Å². The van der Waals surface area contributed by atoms with Crippen LogP contribution in [-0.4, -0.2) is 23.5 Å². The van der Waals surface area contributed by atoms with Crippen molar-refractivity contribution in [3.05, 3.63) is 12.7 Å². The number of carboxylic acids is 1. The molecule has 0 saturated heterocycles. The van der Waals surface area contributed by atoms with Crippen LogP contribution in [-0.2, 0) is 9.59 Å². The van der Waals surface area contributed by atoms with E-state index in [2.05, 4.69) is 11.9 Å². The number of aliphatic carboxylic acids is 1. The maximum absolute atomic E-state index is 11.6. The molecule has 0 spiro atoms. The zero-order valence-electron chi connectivity index (χ0n) is 8.74.